The highest BCUT2D eigenvalue weighted by atomic mass is 79.9. The summed E-state index contributed by atoms with van der Waals surface area (Å²) in [5.41, 5.74) is 1.83. The molecule has 0 unspecified atom stereocenters. The SMILES string of the molecule is COC(=O)c1sc2cc(NC(=S)Nc3nn(Cc4ccc(Cl)cc4)cc3Br)ccc2c1Cl. The Hall–Kier alpha value is -2.17. The van der Waals surface area contributed by atoms with E-state index in [1.54, 1.807) is 4.68 Å². The zero-order valence-electron chi connectivity index (χ0n) is 16.5. The van der Waals surface area contributed by atoms with Gasteiger partial charge in [0.1, 0.15) is 4.88 Å². The number of nitrogens with one attached hydrogen (secondary N) is 2. The summed E-state index contributed by atoms with van der Waals surface area (Å²) in [5, 5.41) is 13.0. The van der Waals surface area contributed by atoms with Crippen LogP contribution in [0.4, 0.5) is 11.5 Å². The van der Waals surface area contributed by atoms with Gasteiger partial charge in [0, 0.05) is 27.0 Å². The Kier molecular flexibility index (Phi) is 7.02. The van der Waals surface area contributed by atoms with Crippen LogP contribution in [0.15, 0.2) is 53.1 Å². The molecule has 11 heteroatoms. The van der Waals surface area contributed by atoms with E-state index in [9.17, 15) is 4.79 Å². The molecule has 2 aromatic carbocycles. The van der Waals surface area contributed by atoms with Crippen LogP contribution in [0.5, 0.6) is 0 Å². The summed E-state index contributed by atoms with van der Waals surface area (Å²) in [5.74, 6) is 0.131. The number of aromatic nitrogens is 2. The Morgan fingerprint density at radius 2 is 1.97 bits per heavy atom. The number of methoxy groups -OCH3 is 1. The third-order valence-corrected chi connectivity index (χ3v) is 7.14. The minimum atomic E-state index is -0.457. The van der Waals surface area contributed by atoms with Crippen LogP contribution in [-0.2, 0) is 11.3 Å². The zero-order chi connectivity index (χ0) is 22.8. The normalized spacial score (nSPS) is 10.9. The van der Waals surface area contributed by atoms with Crippen LogP contribution in [-0.4, -0.2) is 28.0 Å². The highest BCUT2D eigenvalue weighted by Gasteiger charge is 2.18. The van der Waals surface area contributed by atoms with Crippen molar-refractivity contribution in [2.75, 3.05) is 17.7 Å². The predicted molar refractivity (Wildman–Crippen MR) is 138 cm³/mol. The Balaban J connectivity index is 1.45. The number of carbonyl (C=O) groups is 1. The Morgan fingerprint density at radius 3 is 2.69 bits per heavy atom. The van der Waals surface area contributed by atoms with Gasteiger partial charge in [-0.15, -0.1) is 11.3 Å². The van der Waals surface area contributed by atoms with Crippen molar-refractivity contribution < 1.29 is 9.53 Å². The number of ether oxygens (including phenoxy) is 1. The third-order valence-electron chi connectivity index (χ3n) is 4.46. The predicted octanol–water partition coefficient (Wildman–Crippen LogP) is 6.81. The Labute approximate surface area is 211 Å². The van der Waals surface area contributed by atoms with Crippen LogP contribution in [0.25, 0.3) is 10.1 Å². The summed E-state index contributed by atoms with van der Waals surface area (Å²) in [6.07, 6.45) is 1.87. The maximum atomic E-state index is 11.9. The summed E-state index contributed by atoms with van der Waals surface area (Å²) in [7, 11) is 1.33. The molecule has 0 atom stereocenters. The van der Waals surface area contributed by atoms with Crippen molar-refractivity contribution in [1.29, 1.82) is 0 Å². The lowest BCUT2D eigenvalue weighted by molar-refractivity contribution is 0.0606. The standard InChI is InChI=1S/C21H15BrCl2N4O2S2/c1-30-20(29)18-17(24)14-7-6-13(8-16(14)32-18)25-21(31)26-19-15(22)10-28(27-19)9-11-2-4-12(23)5-3-11/h2-8,10H,9H2,1H3,(H2,25,26,27,31). The van der Waals surface area contributed by atoms with Crippen molar-refractivity contribution in [3.05, 3.63) is 73.6 Å². The number of fused-ring (bicyclic) bond motifs is 1. The Bertz CT molecular complexity index is 1320. The highest BCUT2D eigenvalue weighted by molar-refractivity contribution is 9.10. The van der Waals surface area contributed by atoms with Crippen LogP contribution in [0, 0.1) is 0 Å². The number of hydrogen-bond donors (Lipinski definition) is 2. The minimum absolute atomic E-state index is 0.372. The molecule has 0 amide bonds. The van der Waals surface area contributed by atoms with Crippen LogP contribution in [0.1, 0.15) is 15.2 Å². The lowest BCUT2D eigenvalue weighted by Crippen LogP contribution is -2.19. The molecule has 0 radical (unpaired) electrons. The molecule has 4 rings (SSSR count). The maximum Gasteiger partial charge on any atom is 0.349 e. The number of anilines is 2. The first-order chi connectivity index (χ1) is 15.3. The number of nitrogens with zero attached hydrogens (tertiary/aromatic N) is 2. The molecule has 2 N–H and O–H groups in total. The van der Waals surface area contributed by atoms with Crippen molar-refractivity contribution in [3.8, 4) is 0 Å². The van der Waals surface area contributed by atoms with Gasteiger partial charge >= 0.3 is 5.97 Å². The van der Waals surface area contributed by atoms with Gasteiger partial charge in [0.2, 0.25) is 0 Å². The molecule has 4 aromatic rings. The molecular weight excluding hydrogens is 555 g/mol. The zero-order valence-corrected chi connectivity index (χ0v) is 21.2. The second-order valence-electron chi connectivity index (χ2n) is 6.68. The van der Waals surface area contributed by atoms with Gasteiger partial charge in [0.15, 0.2) is 10.9 Å². The summed E-state index contributed by atoms with van der Waals surface area (Å²) in [6.45, 7) is 0.593. The van der Waals surface area contributed by atoms with Crippen molar-refractivity contribution in [1.82, 2.24) is 9.78 Å². The molecule has 0 spiro atoms. The van der Waals surface area contributed by atoms with E-state index in [2.05, 4.69) is 31.7 Å². The average molecular weight is 570 g/mol. The van der Waals surface area contributed by atoms with Gasteiger partial charge < -0.3 is 15.4 Å². The van der Waals surface area contributed by atoms with Crippen LogP contribution < -0.4 is 10.6 Å². The molecule has 0 aliphatic rings. The van der Waals surface area contributed by atoms with Gasteiger partial charge in [0.05, 0.1) is 23.1 Å². The van der Waals surface area contributed by atoms with E-state index >= 15 is 0 Å². The molecule has 0 bridgehead atoms. The van der Waals surface area contributed by atoms with Gasteiger partial charge in [-0.2, -0.15) is 5.10 Å². The fourth-order valence-electron chi connectivity index (χ4n) is 2.98. The fraction of sp³-hybridized carbons (Fsp3) is 0.0952. The number of hydrogen-bond acceptors (Lipinski definition) is 5. The number of carbonyl (C=O) groups excluding carboxylic acids is 1. The average Bonchev–Trinajstić information content (AvgIpc) is 3.27. The van der Waals surface area contributed by atoms with Crippen LogP contribution >= 0.6 is 62.7 Å². The summed E-state index contributed by atoms with van der Waals surface area (Å²) in [6, 6.07) is 13.2. The molecule has 0 aliphatic heterocycles. The first kappa shape index (κ1) is 23.0. The molecular formula is C21H15BrCl2N4O2S2. The van der Waals surface area contributed by atoms with Crippen molar-refractivity contribution in [2.24, 2.45) is 0 Å². The molecule has 0 aliphatic carbocycles. The van der Waals surface area contributed by atoms with Gasteiger partial charge in [-0.1, -0.05) is 35.3 Å². The summed E-state index contributed by atoms with van der Waals surface area (Å²) < 4.78 is 8.20. The molecule has 6 nitrogen and oxygen atoms in total. The summed E-state index contributed by atoms with van der Waals surface area (Å²) >= 11 is 22.5. The molecule has 164 valence electrons. The van der Waals surface area contributed by atoms with Crippen LogP contribution in [0.3, 0.4) is 0 Å². The number of thiophene rings is 1. The largest absolute Gasteiger partial charge is 0.465 e. The number of esters is 1. The first-order valence-corrected chi connectivity index (χ1v) is 12.0. The van der Waals surface area contributed by atoms with Gasteiger partial charge in [0.25, 0.3) is 0 Å². The van der Waals surface area contributed by atoms with Crippen molar-refractivity contribution in [2.45, 2.75) is 6.54 Å². The maximum absolute atomic E-state index is 11.9. The minimum Gasteiger partial charge on any atom is -0.465 e. The molecule has 0 fully saturated rings. The molecule has 2 heterocycles. The molecule has 32 heavy (non-hydrogen) atoms. The van der Waals surface area contributed by atoms with E-state index in [1.165, 1.54) is 18.4 Å². The quantitative estimate of drug-likeness (QED) is 0.203. The number of halogens is 3. The molecule has 0 saturated carbocycles. The van der Waals surface area contributed by atoms with Gasteiger partial charge in [-0.05, 0) is 64.0 Å². The van der Waals surface area contributed by atoms with E-state index in [0.29, 0.717) is 32.4 Å². The number of thiocarbonyl (C=S) groups is 1. The lowest BCUT2D eigenvalue weighted by atomic mass is 10.2. The summed E-state index contributed by atoms with van der Waals surface area (Å²) in [4.78, 5) is 12.2. The number of rotatable bonds is 5. The smallest absolute Gasteiger partial charge is 0.349 e. The van der Waals surface area contributed by atoms with Gasteiger partial charge in [-0.25, -0.2) is 4.79 Å². The van der Waals surface area contributed by atoms with E-state index in [1.807, 2.05) is 48.7 Å². The van der Waals surface area contributed by atoms with E-state index in [4.69, 9.17) is 40.2 Å². The van der Waals surface area contributed by atoms with Crippen molar-refractivity contribution in [3.63, 3.8) is 0 Å². The second-order valence-corrected chi connectivity index (χ2v) is 9.81. The highest BCUT2D eigenvalue weighted by Crippen LogP contribution is 2.37. The van der Waals surface area contributed by atoms with E-state index in [-0.39, 0.29) is 0 Å². The number of benzene rings is 2. The third kappa shape index (κ3) is 5.07. The van der Waals surface area contributed by atoms with Gasteiger partial charge in [-0.3, -0.25) is 4.68 Å². The Morgan fingerprint density at radius 1 is 1.22 bits per heavy atom. The lowest BCUT2D eigenvalue weighted by Gasteiger charge is -2.09. The van der Waals surface area contributed by atoms with E-state index in [0.717, 1.165) is 25.8 Å². The van der Waals surface area contributed by atoms with Crippen molar-refractivity contribution >= 4 is 95.4 Å². The second kappa shape index (κ2) is 9.76. The van der Waals surface area contributed by atoms with Crippen LogP contribution in [0.2, 0.25) is 10.0 Å². The topological polar surface area (TPSA) is 68.2 Å². The molecule has 0 saturated heterocycles. The first-order valence-electron chi connectivity index (χ1n) is 9.20. The fourth-order valence-corrected chi connectivity index (χ4v) is 5.20. The molecule has 2 aromatic heterocycles. The monoisotopic (exact) mass is 568 g/mol. The van der Waals surface area contributed by atoms with E-state index < -0.39 is 5.97 Å².